The predicted molar refractivity (Wildman–Crippen MR) is 80.9 cm³/mol. The van der Waals surface area contributed by atoms with Crippen LogP contribution >= 0.6 is 0 Å². The number of H-pyrrole nitrogens is 1. The van der Waals surface area contributed by atoms with E-state index in [2.05, 4.69) is 20.5 Å². The lowest BCUT2D eigenvalue weighted by Crippen LogP contribution is -2.14. The molecule has 2 aromatic heterocycles. The van der Waals surface area contributed by atoms with E-state index in [4.69, 9.17) is 0 Å². The van der Waals surface area contributed by atoms with Crippen molar-refractivity contribution >= 4 is 11.6 Å². The highest BCUT2D eigenvalue weighted by Gasteiger charge is 2.10. The van der Waals surface area contributed by atoms with E-state index in [1.165, 1.54) is 6.07 Å². The summed E-state index contributed by atoms with van der Waals surface area (Å²) in [5, 5.41) is 9.51. The molecule has 0 unspecified atom stereocenters. The second kappa shape index (κ2) is 5.77. The van der Waals surface area contributed by atoms with Crippen LogP contribution < -0.4 is 5.32 Å². The van der Waals surface area contributed by atoms with Crippen LogP contribution in [0.1, 0.15) is 16.1 Å². The number of pyridine rings is 1. The molecule has 2 N–H and O–H groups in total. The van der Waals surface area contributed by atoms with Crippen molar-refractivity contribution in [2.45, 2.75) is 6.92 Å². The Morgan fingerprint density at radius 3 is 2.86 bits per heavy atom. The van der Waals surface area contributed by atoms with Crippen molar-refractivity contribution in [3.8, 4) is 11.3 Å². The normalized spacial score (nSPS) is 10.5. The smallest absolute Gasteiger partial charge is 0.274 e. The van der Waals surface area contributed by atoms with E-state index < -0.39 is 5.82 Å². The maximum Gasteiger partial charge on any atom is 0.274 e. The standard InChI is InChI=1S/C16H13FN4O/c1-10-7-15(18-9-13(10)17)16(22)20-12-4-2-3-11(8-12)14-5-6-19-21-14/h2-9H,1H3,(H,19,21)(H,20,22). The third-order valence-electron chi connectivity index (χ3n) is 3.21. The molecule has 5 nitrogen and oxygen atoms in total. The molecule has 0 aliphatic rings. The quantitative estimate of drug-likeness (QED) is 0.780. The number of carbonyl (C=O) groups is 1. The Balaban J connectivity index is 1.82. The second-order valence-electron chi connectivity index (χ2n) is 4.82. The van der Waals surface area contributed by atoms with Crippen LogP contribution in [0, 0.1) is 12.7 Å². The van der Waals surface area contributed by atoms with Crippen LogP contribution in [-0.4, -0.2) is 21.1 Å². The Morgan fingerprint density at radius 1 is 1.27 bits per heavy atom. The van der Waals surface area contributed by atoms with Crippen LogP contribution in [0.15, 0.2) is 48.8 Å². The molecule has 6 heteroatoms. The summed E-state index contributed by atoms with van der Waals surface area (Å²) in [6.07, 6.45) is 2.71. The number of aromatic amines is 1. The fourth-order valence-corrected chi connectivity index (χ4v) is 2.04. The van der Waals surface area contributed by atoms with E-state index >= 15 is 0 Å². The summed E-state index contributed by atoms with van der Waals surface area (Å²) >= 11 is 0. The van der Waals surface area contributed by atoms with Gasteiger partial charge in [0.15, 0.2) is 0 Å². The highest BCUT2D eigenvalue weighted by molar-refractivity contribution is 6.03. The van der Waals surface area contributed by atoms with Crippen molar-refractivity contribution < 1.29 is 9.18 Å². The Bertz CT molecular complexity index is 815. The van der Waals surface area contributed by atoms with Gasteiger partial charge in [0.05, 0.1) is 11.9 Å². The van der Waals surface area contributed by atoms with Crippen LogP contribution in [-0.2, 0) is 0 Å². The largest absolute Gasteiger partial charge is 0.321 e. The number of amides is 1. The van der Waals surface area contributed by atoms with Gasteiger partial charge in [-0.15, -0.1) is 0 Å². The topological polar surface area (TPSA) is 70.7 Å². The van der Waals surface area contributed by atoms with E-state index in [9.17, 15) is 9.18 Å². The number of halogens is 1. The summed E-state index contributed by atoms with van der Waals surface area (Å²) in [6, 6.07) is 10.6. The first kappa shape index (κ1) is 13.9. The highest BCUT2D eigenvalue weighted by atomic mass is 19.1. The van der Waals surface area contributed by atoms with Crippen molar-refractivity contribution in [3.63, 3.8) is 0 Å². The second-order valence-corrected chi connectivity index (χ2v) is 4.82. The molecule has 1 aromatic carbocycles. The van der Waals surface area contributed by atoms with Crippen molar-refractivity contribution in [2.24, 2.45) is 0 Å². The van der Waals surface area contributed by atoms with Crippen molar-refractivity contribution in [1.29, 1.82) is 0 Å². The lowest BCUT2D eigenvalue weighted by Gasteiger charge is -2.07. The zero-order chi connectivity index (χ0) is 15.5. The number of benzene rings is 1. The van der Waals surface area contributed by atoms with Crippen LogP contribution in [0.25, 0.3) is 11.3 Å². The summed E-state index contributed by atoms with van der Waals surface area (Å²) in [4.78, 5) is 16.0. The highest BCUT2D eigenvalue weighted by Crippen LogP contribution is 2.20. The Hall–Kier alpha value is -3.02. The molecule has 0 bridgehead atoms. The molecule has 22 heavy (non-hydrogen) atoms. The number of hydrogen-bond acceptors (Lipinski definition) is 3. The summed E-state index contributed by atoms with van der Waals surface area (Å²) < 4.78 is 13.2. The van der Waals surface area contributed by atoms with Gasteiger partial charge in [-0.3, -0.25) is 9.89 Å². The van der Waals surface area contributed by atoms with Gasteiger partial charge >= 0.3 is 0 Å². The third-order valence-corrected chi connectivity index (χ3v) is 3.21. The molecule has 0 saturated heterocycles. The fraction of sp³-hybridized carbons (Fsp3) is 0.0625. The van der Waals surface area contributed by atoms with Gasteiger partial charge in [0.1, 0.15) is 11.5 Å². The summed E-state index contributed by atoms with van der Waals surface area (Å²) in [6.45, 7) is 1.59. The molecular formula is C16H13FN4O. The molecule has 0 aliphatic heterocycles. The Labute approximate surface area is 126 Å². The van der Waals surface area contributed by atoms with E-state index in [1.807, 2.05) is 24.3 Å². The number of hydrogen-bond donors (Lipinski definition) is 2. The van der Waals surface area contributed by atoms with E-state index in [-0.39, 0.29) is 11.6 Å². The van der Waals surface area contributed by atoms with E-state index in [0.717, 1.165) is 17.5 Å². The molecule has 0 fully saturated rings. The number of nitrogens with one attached hydrogen (secondary N) is 2. The first-order chi connectivity index (χ1) is 10.6. The monoisotopic (exact) mass is 296 g/mol. The summed E-state index contributed by atoms with van der Waals surface area (Å²) in [5.74, 6) is -0.817. The molecule has 110 valence electrons. The molecule has 0 radical (unpaired) electrons. The Kier molecular flexibility index (Phi) is 3.65. The molecule has 0 spiro atoms. The van der Waals surface area contributed by atoms with Crippen molar-refractivity contribution in [1.82, 2.24) is 15.2 Å². The molecule has 1 amide bonds. The number of carbonyl (C=O) groups excluding carboxylic acids is 1. The third kappa shape index (κ3) is 2.85. The SMILES string of the molecule is Cc1cc(C(=O)Nc2cccc(-c3ccn[nH]3)c2)ncc1F. The molecule has 0 aliphatic carbocycles. The van der Waals surface area contributed by atoms with Crippen LogP contribution in [0.3, 0.4) is 0 Å². The van der Waals surface area contributed by atoms with E-state index in [1.54, 1.807) is 19.2 Å². The first-order valence-corrected chi connectivity index (χ1v) is 6.67. The van der Waals surface area contributed by atoms with Crippen LogP contribution in [0.5, 0.6) is 0 Å². The lowest BCUT2D eigenvalue weighted by atomic mass is 10.1. The van der Waals surface area contributed by atoms with Gasteiger partial charge in [-0.25, -0.2) is 9.37 Å². The number of rotatable bonds is 3. The van der Waals surface area contributed by atoms with Crippen LogP contribution in [0.2, 0.25) is 0 Å². The van der Waals surface area contributed by atoms with Gasteiger partial charge in [0.25, 0.3) is 5.91 Å². The number of aromatic nitrogens is 3. The molecule has 3 aromatic rings. The molecule has 3 rings (SSSR count). The van der Waals surface area contributed by atoms with E-state index in [0.29, 0.717) is 11.3 Å². The van der Waals surface area contributed by atoms with Gasteiger partial charge in [-0.05, 0) is 36.8 Å². The number of nitrogens with zero attached hydrogens (tertiary/aromatic N) is 2. The molecule has 0 saturated carbocycles. The average molecular weight is 296 g/mol. The molecule has 2 heterocycles. The molecule has 0 atom stereocenters. The number of aryl methyl sites for hydroxylation is 1. The van der Waals surface area contributed by atoms with Gasteiger partial charge in [0.2, 0.25) is 0 Å². The fourth-order valence-electron chi connectivity index (χ4n) is 2.04. The zero-order valence-electron chi connectivity index (χ0n) is 11.8. The minimum absolute atomic E-state index is 0.172. The maximum absolute atomic E-state index is 13.2. The minimum atomic E-state index is -0.433. The summed E-state index contributed by atoms with van der Waals surface area (Å²) in [7, 11) is 0. The average Bonchev–Trinajstić information content (AvgIpc) is 3.04. The minimum Gasteiger partial charge on any atom is -0.321 e. The zero-order valence-corrected chi connectivity index (χ0v) is 11.8. The van der Waals surface area contributed by atoms with Gasteiger partial charge in [0, 0.05) is 17.4 Å². The van der Waals surface area contributed by atoms with Crippen molar-refractivity contribution in [2.75, 3.05) is 5.32 Å². The predicted octanol–water partition coefficient (Wildman–Crippen LogP) is 3.17. The maximum atomic E-state index is 13.2. The van der Waals surface area contributed by atoms with Crippen LogP contribution in [0.4, 0.5) is 10.1 Å². The lowest BCUT2D eigenvalue weighted by molar-refractivity contribution is 0.102. The van der Waals surface area contributed by atoms with Gasteiger partial charge in [-0.1, -0.05) is 12.1 Å². The Morgan fingerprint density at radius 2 is 2.14 bits per heavy atom. The first-order valence-electron chi connectivity index (χ1n) is 6.67. The van der Waals surface area contributed by atoms with Crippen molar-refractivity contribution in [3.05, 3.63) is 65.9 Å². The van der Waals surface area contributed by atoms with Gasteiger partial charge in [-0.2, -0.15) is 5.10 Å². The van der Waals surface area contributed by atoms with Gasteiger partial charge < -0.3 is 5.32 Å². The number of anilines is 1. The summed E-state index contributed by atoms with van der Waals surface area (Å²) in [5.41, 5.74) is 2.93. The molecular weight excluding hydrogens is 283 g/mol.